The molecule has 23 heavy (non-hydrogen) atoms. The number of para-hydroxylation sites is 1. The summed E-state index contributed by atoms with van der Waals surface area (Å²) in [6, 6.07) is 10.9. The van der Waals surface area contributed by atoms with Crippen molar-refractivity contribution in [2.45, 2.75) is 13.0 Å². The molecule has 0 aliphatic rings. The summed E-state index contributed by atoms with van der Waals surface area (Å²) in [5.41, 5.74) is 0.680. The Morgan fingerprint density at radius 1 is 1.30 bits per heavy atom. The summed E-state index contributed by atoms with van der Waals surface area (Å²) >= 11 is 5.75. The van der Waals surface area contributed by atoms with Crippen LogP contribution in [-0.4, -0.2) is 17.9 Å². The van der Waals surface area contributed by atoms with Crippen molar-refractivity contribution >= 4 is 23.2 Å². The maximum absolute atomic E-state index is 12.3. The van der Waals surface area contributed by atoms with Crippen LogP contribution in [0.15, 0.2) is 42.5 Å². The number of halogens is 1. The molecule has 2 aromatic rings. The average Bonchev–Trinajstić information content (AvgIpc) is 2.54. The number of benzene rings is 2. The van der Waals surface area contributed by atoms with Crippen molar-refractivity contribution in [2.75, 3.05) is 7.11 Å². The van der Waals surface area contributed by atoms with Crippen LogP contribution in [0.4, 0.5) is 5.69 Å². The molecule has 0 radical (unpaired) electrons. The predicted octanol–water partition coefficient (Wildman–Crippen LogP) is 3.75. The first-order valence-corrected chi connectivity index (χ1v) is 7.19. The van der Waals surface area contributed by atoms with E-state index in [9.17, 15) is 14.9 Å². The van der Waals surface area contributed by atoms with Crippen LogP contribution in [0.2, 0.25) is 5.02 Å². The molecular weight excluding hydrogens is 320 g/mol. The molecule has 0 bridgehead atoms. The van der Waals surface area contributed by atoms with Crippen LogP contribution < -0.4 is 10.1 Å². The van der Waals surface area contributed by atoms with Crippen LogP contribution >= 0.6 is 11.6 Å². The van der Waals surface area contributed by atoms with Crippen LogP contribution in [0.5, 0.6) is 5.75 Å². The van der Waals surface area contributed by atoms with E-state index in [1.807, 2.05) is 18.2 Å². The number of amides is 1. The highest BCUT2D eigenvalue weighted by Crippen LogP contribution is 2.27. The minimum atomic E-state index is -0.622. The third kappa shape index (κ3) is 3.78. The fourth-order valence-electron chi connectivity index (χ4n) is 2.18. The van der Waals surface area contributed by atoms with E-state index in [4.69, 9.17) is 16.3 Å². The number of nitro groups is 1. The Morgan fingerprint density at radius 2 is 2.00 bits per heavy atom. The lowest BCUT2D eigenvalue weighted by Crippen LogP contribution is -2.27. The standard InChI is InChI=1S/C16H15ClN2O4/c1-10(12-5-3-4-6-15(12)23-2)18-16(20)11-7-8-13(17)14(9-11)19(21)22/h3-10H,1-2H3,(H,18,20)/t10-/m1/s1. The number of ether oxygens (including phenoxy) is 1. The lowest BCUT2D eigenvalue weighted by molar-refractivity contribution is -0.384. The summed E-state index contributed by atoms with van der Waals surface area (Å²) in [5.74, 6) is 0.227. The topological polar surface area (TPSA) is 81.5 Å². The van der Waals surface area contributed by atoms with Crippen LogP contribution in [0.1, 0.15) is 28.9 Å². The smallest absolute Gasteiger partial charge is 0.288 e. The van der Waals surface area contributed by atoms with Gasteiger partial charge in [0.05, 0.1) is 18.1 Å². The first-order chi connectivity index (χ1) is 10.9. The summed E-state index contributed by atoms with van der Waals surface area (Å²) in [7, 11) is 1.55. The first kappa shape index (κ1) is 16.8. The number of carbonyl (C=O) groups is 1. The van der Waals surface area contributed by atoms with Gasteiger partial charge in [0.2, 0.25) is 0 Å². The van der Waals surface area contributed by atoms with Gasteiger partial charge in [-0.05, 0) is 25.1 Å². The zero-order valence-corrected chi connectivity index (χ0v) is 13.3. The number of nitro benzene ring substituents is 1. The molecule has 120 valence electrons. The van der Waals surface area contributed by atoms with Gasteiger partial charge in [-0.1, -0.05) is 29.8 Å². The molecule has 2 aromatic carbocycles. The molecule has 7 heteroatoms. The molecule has 0 aromatic heterocycles. The maximum atomic E-state index is 12.3. The van der Waals surface area contributed by atoms with E-state index in [-0.39, 0.29) is 22.3 Å². The normalized spacial score (nSPS) is 11.6. The summed E-state index contributed by atoms with van der Waals surface area (Å²) < 4.78 is 5.26. The second-order valence-electron chi connectivity index (χ2n) is 4.86. The van der Waals surface area contributed by atoms with E-state index in [1.54, 1.807) is 20.1 Å². The first-order valence-electron chi connectivity index (χ1n) is 6.81. The quantitative estimate of drug-likeness (QED) is 0.667. The van der Waals surface area contributed by atoms with Crippen LogP contribution in [-0.2, 0) is 0 Å². The zero-order valence-electron chi connectivity index (χ0n) is 12.6. The van der Waals surface area contributed by atoms with Gasteiger partial charge in [0.1, 0.15) is 10.8 Å². The lowest BCUT2D eigenvalue weighted by atomic mass is 10.1. The third-order valence-corrected chi connectivity index (χ3v) is 3.68. The van der Waals surface area contributed by atoms with E-state index in [2.05, 4.69) is 5.32 Å². The van der Waals surface area contributed by atoms with Gasteiger partial charge in [0.15, 0.2) is 0 Å². The number of methoxy groups -OCH3 is 1. The van der Waals surface area contributed by atoms with Crippen molar-refractivity contribution < 1.29 is 14.5 Å². The Labute approximate surface area is 138 Å². The summed E-state index contributed by atoms with van der Waals surface area (Å²) in [6.45, 7) is 1.81. The van der Waals surface area contributed by atoms with E-state index < -0.39 is 10.8 Å². The minimum Gasteiger partial charge on any atom is -0.496 e. The van der Waals surface area contributed by atoms with Gasteiger partial charge in [0.25, 0.3) is 11.6 Å². The maximum Gasteiger partial charge on any atom is 0.288 e. The largest absolute Gasteiger partial charge is 0.496 e. The fraction of sp³-hybridized carbons (Fsp3) is 0.188. The SMILES string of the molecule is COc1ccccc1[C@@H](C)NC(=O)c1ccc(Cl)c([N+](=O)[O-])c1. The monoisotopic (exact) mass is 334 g/mol. The van der Waals surface area contributed by atoms with Gasteiger partial charge in [-0.3, -0.25) is 14.9 Å². The van der Waals surface area contributed by atoms with Gasteiger partial charge in [-0.25, -0.2) is 0 Å². The van der Waals surface area contributed by atoms with Crippen LogP contribution in [0.25, 0.3) is 0 Å². The summed E-state index contributed by atoms with van der Waals surface area (Å²) in [4.78, 5) is 22.6. The predicted molar refractivity (Wildman–Crippen MR) is 87.0 cm³/mol. The number of nitrogens with one attached hydrogen (secondary N) is 1. The van der Waals surface area contributed by atoms with Gasteiger partial charge in [-0.2, -0.15) is 0 Å². The highest BCUT2D eigenvalue weighted by atomic mass is 35.5. The Hall–Kier alpha value is -2.60. The van der Waals surface area contributed by atoms with E-state index in [1.165, 1.54) is 12.1 Å². The van der Waals surface area contributed by atoms with Crippen molar-refractivity contribution in [3.8, 4) is 5.75 Å². The third-order valence-electron chi connectivity index (χ3n) is 3.36. The minimum absolute atomic E-state index is 0.00988. The van der Waals surface area contributed by atoms with Crippen molar-refractivity contribution in [1.82, 2.24) is 5.32 Å². The van der Waals surface area contributed by atoms with E-state index in [0.717, 1.165) is 11.6 Å². The number of hydrogen-bond acceptors (Lipinski definition) is 4. The molecule has 0 saturated heterocycles. The zero-order chi connectivity index (χ0) is 17.0. The number of nitrogens with zero attached hydrogens (tertiary/aromatic N) is 1. The molecule has 0 fully saturated rings. The molecule has 2 rings (SSSR count). The van der Waals surface area contributed by atoms with Crippen molar-refractivity contribution in [3.05, 3.63) is 68.7 Å². The molecule has 1 N–H and O–H groups in total. The van der Waals surface area contributed by atoms with E-state index >= 15 is 0 Å². The molecule has 6 nitrogen and oxygen atoms in total. The Kier molecular flexibility index (Phi) is 5.18. The Bertz CT molecular complexity index is 749. The molecular formula is C16H15ClN2O4. The Balaban J connectivity index is 2.22. The molecule has 1 amide bonds. The number of rotatable bonds is 5. The van der Waals surface area contributed by atoms with Gasteiger partial charge >= 0.3 is 0 Å². The molecule has 0 aliphatic heterocycles. The second kappa shape index (κ2) is 7.11. The highest BCUT2D eigenvalue weighted by molar-refractivity contribution is 6.32. The second-order valence-corrected chi connectivity index (χ2v) is 5.27. The Morgan fingerprint density at radius 3 is 2.65 bits per heavy atom. The molecule has 0 saturated carbocycles. The summed E-state index contributed by atoms with van der Waals surface area (Å²) in [5, 5.41) is 13.7. The summed E-state index contributed by atoms with van der Waals surface area (Å²) in [6.07, 6.45) is 0. The van der Waals surface area contributed by atoms with Gasteiger partial charge in [0, 0.05) is 17.2 Å². The van der Waals surface area contributed by atoms with Crippen molar-refractivity contribution in [2.24, 2.45) is 0 Å². The molecule has 0 unspecified atom stereocenters. The van der Waals surface area contributed by atoms with Gasteiger partial charge < -0.3 is 10.1 Å². The van der Waals surface area contributed by atoms with Crippen LogP contribution in [0.3, 0.4) is 0 Å². The fourth-order valence-corrected chi connectivity index (χ4v) is 2.36. The molecule has 1 atom stereocenters. The average molecular weight is 335 g/mol. The van der Waals surface area contributed by atoms with Gasteiger partial charge in [-0.15, -0.1) is 0 Å². The molecule has 0 heterocycles. The number of hydrogen-bond donors (Lipinski definition) is 1. The highest BCUT2D eigenvalue weighted by Gasteiger charge is 2.19. The lowest BCUT2D eigenvalue weighted by Gasteiger charge is -2.17. The number of carbonyl (C=O) groups excluding carboxylic acids is 1. The van der Waals surface area contributed by atoms with E-state index in [0.29, 0.717) is 5.75 Å². The molecule has 0 spiro atoms. The van der Waals surface area contributed by atoms with Crippen molar-refractivity contribution in [1.29, 1.82) is 0 Å². The molecule has 0 aliphatic carbocycles. The van der Waals surface area contributed by atoms with Crippen molar-refractivity contribution in [3.63, 3.8) is 0 Å². The van der Waals surface area contributed by atoms with Crippen LogP contribution in [0, 0.1) is 10.1 Å².